The molecule has 0 bridgehead atoms. The van der Waals surface area contributed by atoms with Crippen LogP contribution in [0, 0.1) is 0 Å². The number of carbonyl (C=O) groups is 2. The molecule has 0 spiro atoms. The maximum absolute atomic E-state index is 13.2. The van der Waals surface area contributed by atoms with Gasteiger partial charge in [-0.15, -0.1) is 11.3 Å². The maximum Gasteiger partial charge on any atom is 0.521 e. The van der Waals surface area contributed by atoms with E-state index in [0.717, 1.165) is 30.8 Å². The smallest absolute Gasteiger partial charge is 0.414 e. The minimum absolute atomic E-state index is 0.121. The quantitative estimate of drug-likeness (QED) is 0.470. The molecule has 1 fully saturated rings. The molecule has 0 saturated carbocycles. The first kappa shape index (κ1) is 25.5. The van der Waals surface area contributed by atoms with E-state index in [1.165, 1.54) is 11.3 Å². The van der Waals surface area contributed by atoms with Gasteiger partial charge in [-0.2, -0.15) is 9.28 Å². The summed E-state index contributed by atoms with van der Waals surface area (Å²) in [5, 5.41) is 16.1. The predicted octanol–water partition coefficient (Wildman–Crippen LogP) is 5.03. The molecular formula is C24H33ClN3O4S+. The van der Waals surface area contributed by atoms with Crippen LogP contribution in [0.5, 0.6) is 0 Å². The van der Waals surface area contributed by atoms with Gasteiger partial charge in [0.15, 0.2) is 0 Å². The van der Waals surface area contributed by atoms with Gasteiger partial charge in [-0.3, -0.25) is 4.79 Å². The number of likely N-dealkylation sites (tertiary alicyclic amines) is 1. The Kier molecular flexibility index (Phi) is 8.05. The Hall–Kier alpha value is -2.13. The van der Waals surface area contributed by atoms with Crippen molar-refractivity contribution in [1.29, 1.82) is 0 Å². The van der Waals surface area contributed by atoms with Crippen molar-refractivity contribution in [2.75, 3.05) is 25.0 Å². The van der Waals surface area contributed by atoms with E-state index in [1.807, 2.05) is 45.0 Å². The molecule has 0 aliphatic carbocycles. The lowest BCUT2D eigenvalue weighted by Gasteiger charge is -2.36. The number of ether oxygens (including phenoxy) is 1. The number of rotatable bonds is 7. The fourth-order valence-electron chi connectivity index (χ4n) is 4.07. The Morgan fingerprint density at radius 1 is 1.21 bits per heavy atom. The Morgan fingerprint density at radius 2 is 1.91 bits per heavy atom. The molecule has 9 heteroatoms. The normalized spacial score (nSPS) is 21.5. The number of hydrogen-bond donors (Lipinski definition) is 3. The van der Waals surface area contributed by atoms with E-state index in [9.17, 15) is 14.7 Å². The van der Waals surface area contributed by atoms with Crippen molar-refractivity contribution < 1.29 is 19.4 Å². The molecule has 2 aromatic rings. The lowest BCUT2D eigenvalue weighted by Crippen LogP contribution is -2.58. The van der Waals surface area contributed by atoms with Crippen LogP contribution in [0.1, 0.15) is 50.2 Å². The molecule has 180 valence electrons. The molecule has 2 heterocycles. The molecule has 3 atom stereocenters. The third-order valence-corrected chi connectivity index (χ3v) is 7.00. The number of aliphatic hydroxyl groups is 1. The molecule has 2 amide bonds. The molecule has 1 aromatic carbocycles. The molecule has 0 radical (unpaired) electrons. The van der Waals surface area contributed by atoms with Gasteiger partial charge in [0.2, 0.25) is 0 Å². The largest absolute Gasteiger partial charge is 0.521 e. The first-order chi connectivity index (χ1) is 15.5. The average molecular weight is 495 g/mol. The zero-order valence-corrected chi connectivity index (χ0v) is 21.1. The minimum Gasteiger partial charge on any atom is -0.414 e. The summed E-state index contributed by atoms with van der Waals surface area (Å²) >= 11 is 7.05. The highest BCUT2D eigenvalue weighted by atomic mass is 35.5. The Balaban J connectivity index is 1.58. The Bertz CT molecular complexity index is 973. The van der Waals surface area contributed by atoms with E-state index < -0.39 is 11.7 Å². The summed E-state index contributed by atoms with van der Waals surface area (Å²) in [6.07, 6.45) is 0.958. The summed E-state index contributed by atoms with van der Waals surface area (Å²) in [7, 11) is 0. The number of nitrogens with one attached hydrogen (secondary N) is 2. The number of hydrogen-bond acceptors (Lipinski definition) is 6. The number of quaternary nitrogens is 1. The summed E-state index contributed by atoms with van der Waals surface area (Å²) in [5.41, 5.74) is 1.18. The van der Waals surface area contributed by atoms with Crippen molar-refractivity contribution in [2.45, 2.75) is 58.3 Å². The van der Waals surface area contributed by atoms with Crippen molar-refractivity contribution in [3.63, 3.8) is 0 Å². The third kappa shape index (κ3) is 6.26. The van der Waals surface area contributed by atoms with Crippen molar-refractivity contribution in [1.82, 2.24) is 9.80 Å². The van der Waals surface area contributed by atoms with Gasteiger partial charge < -0.3 is 20.5 Å². The Morgan fingerprint density at radius 3 is 2.45 bits per heavy atom. The van der Waals surface area contributed by atoms with Gasteiger partial charge in [0.25, 0.3) is 5.91 Å². The van der Waals surface area contributed by atoms with Gasteiger partial charge in [0, 0.05) is 43.8 Å². The minimum atomic E-state index is -0.761. The summed E-state index contributed by atoms with van der Waals surface area (Å²) in [6.45, 7) is 8.87. The number of halogens is 1. The van der Waals surface area contributed by atoms with E-state index in [2.05, 4.69) is 17.6 Å². The van der Waals surface area contributed by atoms with Crippen molar-refractivity contribution >= 4 is 46.3 Å². The van der Waals surface area contributed by atoms with Crippen LogP contribution < -0.4 is 15.1 Å². The Labute approximate surface area is 204 Å². The van der Waals surface area contributed by atoms with Gasteiger partial charge in [0.05, 0.1) is 21.9 Å². The van der Waals surface area contributed by atoms with Crippen molar-refractivity contribution in [2.24, 2.45) is 0 Å². The van der Waals surface area contributed by atoms with E-state index >= 15 is 0 Å². The van der Waals surface area contributed by atoms with E-state index in [0.29, 0.717) is 9.21 Å². The fourth-order valence-corrected chi connectivity index (χ4v) is 5.03. The maximum atomic E-state index is 13.2. The van der Waals surface area contributed by atoms with Gasteiger partial charge in [-0.05, 0) is 52.0 Å². The molecule has 7 nitrogen and oxygen atoms in total. The number of thiophene rings is 1. The highest BCUT2D eigenvalue weighted by molar-refractivity contribution is 7.18. The van der Waals surface area contributed by atoms with Crippen LogP contribution in [0.3, 0.4) is 0 Å². The second-order valence-electron chi connectivity index (χ2n) is 9.46. The second-order valence-corrected chi connectivity index (χ2v) is 11.2. The SMILES string of the molecule is C[C@@H]1CCC[N+]1(C(=O)OC(C)(C)C)c1ccc(NCC(O)CNC(=O)c2ccc(Cl)s2)cc1. The number of nitrogens with zero attached hydrogens (tertiary/aromatic N) is 1. The summed E-state index contributed by atoms with van der Waals surface area (Å²) in [6, 6.07) is 11.2. The van der Waals surface area contributed by atoms with E-state index in [1.54, 1.807) is 12.1 Å². The second kappa shape index (κ2) is 10.4. The zero-order valence-electron chi connectivity index (χ0n) is 19.6. The highest BCUT2D eigenvalue weighted by Crippen LogP contribution is 2.37. The fraction of sp³-hybridized carbons (Fsp3) is 0.500. The van der Waals surface area contributed by atoms with Gasteiger partial charge in [0.1, 0.15) is 17.3 Å². The topological polar surface area (TPSA) is 87.7 Å². The van der Waals surface area contributed by atoms with Crippen LogP contribution >= 0.6 is 22.9 Å². The van der Waals surface area contributed by atoms with Crippen LogP contribution in [-0.4, -0.2) is 54.5 Å². The number of carbonyl (C=O) groups excluding carboxylic acids is 2. The van der Waals surface area contributed by atoms with Gasteiger partial charge in [-0.1, -0.05) is 11.6 Å². The number of benzene rings is 1. The molecule has 1 saturated heterocycles. The monoisotopic (exact) mass is 494 g/mol. The summed E-state index contributed by atoms with van der Waals surface area (Å²) in [5.74, 6) is -0.258. The van der Waals surface area contributed by atoms with Crippen molar-refractivity contribution in [3.05, 3.63) is 45.6 Å². The van der Waals surface area contributed by atoms with Crippen LogP contribution in [0.15, 0.2) is 36.4 Å². The summed E-state index contributed by atoms with van der Waals surface area (Å²) < 4.78 is 6.52. The molecule has 3 rings (SSSR count). The molecule has 3 N–H and O–H groups in total. The highest BCUT2D eigenvalue weighted by Gasteiger charge is 2.50. The van der Waals surface area contributed by atoms with Gasteiger partial charge >= 0.3 is 6.09 Å². The number of amides is 2. The van der Waals surface area contributed by atoms with Crippen LogP contribution in [0.2, 0.25) is 4.34 Å². The van der Waals surface area contributed by atoms with Crippen LogP contribution in [-0.2, 0) is 4.74 Å². The molecule has 1 aliphatic heterocycles. The standard InChI is InChI=1S/C24H32ClN3O4S/c1-16-6-5-13-28(16,23(31)32-24(2,3)4)18-9-7-17(8-10-18)26-14-19(29)15-27-22(30)20-11-12-21(25)33-20/h7-12,16,19,26,29H,5-6,13-15H2,1-4H3/p+1/t16-,19?,28?/m1/s1. The van der Waals surface area contributed by atoms with Crippen LogP contribution in [0.4, 0.5) is 16.2 Å². The third-order valence-electron chi connectivity index (χ3n) is 5.77. The number of anilines is 1. The lowest BCUT2D eigenvalue weighted by molar-refractivity contribution is 0.0251. The number of aliphatic hydroxyl groups excluding tert-OH is 1. The molecule has 33 heavy (non-hydrogen) atoms. The molecule has 1 aromatic heterocycles. The molecular weight excluding hydrogens is 462 g/mol. The first-order valence-corrected chi connectivity index (χ1v) is 12.4. The van der Waals surface area contributed by atoms with E-state index in [4.69, 9.17) is 16.3 Å². The van der Waals surface area contributed by atoms with E-state index in [-0.39, 0.29) is 35.6 Å². The predicted molar refractivity (Wildman–Crippen MR) is 134 cm³/mol. The average Bonchev–Trinajstić information content (AvgIpc) is 3.36. The van der Waals surface area contributed by atoms with Gasteiger partial charge in [-0.25, -0.2) is 0 Å². The summed E-state index contributed by atoms with van der Waals surface area (Å²) in [4.78, 5) is 25.8. The molecule has 2 unspecified atom stereocenters. The lowest BCUT2D eigenvalue weighted by atomic mass is 10.1. The zero-order chi connectivity index (χ0) is 24.2. The molecule has 1 aliphatic rings. The first-order valence-electron chi connectivity index (χ1n) is 11.2. The van der Waals surface area contributed by atoms with Crippen LogP contribution in [0.25, 0.3) is 0 Å². The van der Waals surface area contributed by atoms with Crippen molar-refractivity contribution in [3.8, 4) is 0 Å².